The van der Waals surface area contributed by atoms with Crippen LogP contribution in [0.5, 0.6) is 0 Å². The van der Waals surface area contributed by atoms with Crippen molar-refractivity contribution in [1.29, 1.82) is 0 Å². The molecule has 0 unspecified atom stereocenters. The van der Waals surface area contributed by atoms with Crippen molar-refractivity contribution < 1.29 is 9.53 Å². The molecular formula is C23H40N6O2. The van der Waals surface area contributed by atoms with Crippen LogP contribution in [0.1, 0.15) is 33.3 Å². The molecule has 8 nitrogen and oxygen atoms in total. The lowest BCUT2D eigenvalue weighted by atomic mass is 10.1. The molecular weight excluding hydrogens is 392 g/mol. The van der Waals surface area contributed by atoms with Crippen molar-refractivity contribution in [3.63, 3.8) is 0 Å². The Morgan fingerprint density at radius 1 is 1.03 bits per heavy atom. The number of benzene rings is 1. The van der Waals surface area contributed by atoms with E-state index < -0.39 is 11.7 Å². The monoisotopic (exact) mass is 432 g/mol. The fourth-order valence-corrected chi connectivity index (χ4v) is 3.38. The summed E-state index contributed by atoms with van der Waals surface area (Å²) in [6, 6.07) is 7.82. The predicted octanol–water partition coefficient (Wildman–Crippen LogP) is 2.38. The second-order valence-electron chi connectivity index (χ2n) is 8.78. The Morgan fingerprint density at radius 2 is 1.65 bits per heavy atom. The van der Waals surface area contributed by atoms with E-state index in [0.29, 0.717) is 0 Å². The van der Waals surface area contributed by atoms with Gasteiger partial charge in [0.1, 0.15) is 5.60 Å². The van der Waals surface area contributed by atoms with Crippen LogP contribution in [0.3, 0.4) is 0 Å². The Hall–Kier alpha value is -2.32. The number of anilines is 1. The molecule has 3 N–H and O–H groups in total. The van der Waals surface area contributed by atoms with Crippen LogP contribution in [-0.2, 0) is 11.2 Å². The number of guanidine groups is 1. The summed E-state index contributed by atoms with van der Waals surface area (Å²) in [5.74, 6) is 0.829. The number of carbonyl (C=O) groups excluding carboxylic acids is 1. The van der Waals surface area contributed by atoms with Crippen molar-refractivity contribution in [3.05, 3.63) is 29.8 Å². The third-order valence-corrected chi connectivity index (χ3v) is 5.16. The highest BCUT2D eigenvalue weighted by molar-refractivity contribution is 5.84. The average Bonchev–Trinajstić information content (AvgIpc) is 2.73. The maximum absolute atomic E-state index is 11.8. The molecule has 174 valence electrons. The molecule has 2 rings (SSSR count). The molecule has 1 aromatic rings. The molecule has 1 aromatic carbocycles. The van der Waals surface area contributed by atoms with Crippen LogP contribution in [-0.4, -0.2) is 86.9 Å². The van der Waals surface area contributed by atoms with Gasteiger partial charge in [0.2, 0.25) is 0 Å². The van der Waals surface area contributed by atoms with Gasteiger partial charge in [0.15, 0.2) is 5.96 Å². The van der Waals surface area contributed by atoms with Crippen molar-refractivity contribution in [3.8, 4) is 0 Å². The minimum Gasteiger partial charge on any atom is -0.444 e. The van der Waals surface area contributed by atoms with Crippen LogP contribution in [0.15, 0.2) is 29.3 Å². The van der Waals surface area contributed by atoms with E-state index in [4.69, 9.17) is 4.74 Å². The lowest BCUT2D eigenvalue weighted by molar-refractivity contribution is 0.0636. The summed E-state index contributed by atoms with van der Waals surface area (Å²) in [4.78, 5) is 21.1. The normalized spacial score (nSPS) is 16.1. The first-order valence-electron chi connectivity index (χ1n) is 11.3. The molecule has 0 aromatic heterocycles. The number of piperazine rings is 1. The van der Waals surface area contributed by atoms with Crippen molar-refractivity contribution in [1.82, 2.24) is 20.4 Å². The maximum atomic E-state index is 11.8. The van der Waals surface area contributed by atoms with Gasteiger partial charge in [-0.3, -0.25) is 15.2 Å². The molecule has 0 atom stereocenters. The predicted molar refractivity (Wildman–Crippen MR) is 128 cm³/mol. The van der Waals surface area contributed by atoms with E-state index in [9.17, 15) is 4.79 Å². The summed E-state index contributed by atoms with van der Waals surface area (Å²) >= 11 is 0. The third kappa shape index (κ3) is 10.0. The fraction of sp³-hybridized carbons (Fsp3) is 0.652. The molecule has 8 heteroatoms. The SMILES string of the molecule is CCN1CCN(CCNC(=NC)NCCc2ccc(NC(=O)OC(C)(C)C)cc2)CC1. The number of likely N-dealkylation sites (N-methyl/N-ethyl adjacent to an activating group) is 1. The summed E-state index contributed by atoms with van der Waals surface area (Å²) < 4.78 is 5.27. The van der Waals surface area contributed by atoms with Crippen LogP contribution in [0, 0.1) is 0 Å². The highest BCUT2D eigenvalue weighted by Gasteiger charge is 2.16. The smallest absolute Gasteiger partial charge is 0.412 e. The number of nitrogens with zero attached hydrogens (tertiary/aromatic N) is 3. The molecule has 0 aliphatic carbocycles. The third-order valence-electron chi connectivity index (χ3n) is 5.16. The molecule has 1 aliphatic heterocycles. The Kier molecular flexibility index (Phi) is 10.1. The number of carbonyl (C=O) groups is 1. The number of nitrogens with one attached hydrogen (secondary N) is 3. The molecule has 1 aliphatic rings. The lowest BCUT2D eigenvalue weighted by Crippen LogP contribution is -2.49. The topological polar surface area (TPSA) is 81.2 Å². The Labute approximate surface area is 187 Å². The number of hydrogen-bond acceptors (Lipinski definition) is 5. The zero-order valence-corrected chi connectivity index (χ0v) is 19.8. The van der Waals surface area contributed by atoms with Crippen LogP contribution in [0.4, 0.5) is 10.5 Å². The molecule has 0 saturated carbocycles. The van der Waals surface area contributed by atoms with E-state index in [1.807, 2.05) is 45.0 Å². The van der Waals surface area contributed by atoms with Gasteiger partial charge in [-0.25, -0.2) is 4.79 Å². The second kappa shape index (κ2) is 12.5. The summed E-state index contributed by atoms with van der Waals surface area (Å²) in [6.45, 7) is 16.2. The summed E-state index contributed by atoms with van der Waals surface area (Å²) in [7, 11) is 1.80. The maximum Gasteiger partial charge on any atom is 0.412 e. The first-order chi connectivity index (χ1) is 14.8. The molecule has 1 fully saturated rings. The van der Waals surface area contributed by atoms with Gasteiger partial charge < -0.3 is 20.3 Å². The summed E-state index contributed by atoms with van der Waals surface area (Å²) in [6.07, 6.45) is 0.427. The standard InChI is InChI=1S/C23H40N6O2/c1-6-28-15-17-29(18-16-28)14-13-26-21(24-5)25-12-11-19-7-9-20(10-8-19)27-22(30)31-23(2,3)4/h7-10H,6,11-18H2,1-5H3,(H,27,30)(H2,24,25,26). The highest BCUT2D eigenvalue weighted by Crippen LogP contribution is 2.13. The summed E-state index contributed by atoms with van der Waals surface area (Å²) in [5.41, 5.74) is 1.40. The van der Waals surface area contributed by atoms with Crippen LogP contribution in [0.2, 0.25) is 0 Å². The first-order valence-corrected chi connectivity index (χ1v) is 11.3. The van der Waals surface area contributed by atoms with Gasteiger partial charge in [-0.2, -0.15) is 0 Å². The van der Waals surface area contributed by atoms with Crippen molar-refractivity contribution in [2.24, 2.45) is 4.99 Å². The number of rotatable bonds is 8. The van der Waals surface area contributed by atoms with Crippen molar-refractivity contribution in [2.45, 2.75) is 39.7 Å². The highest BCUT2D eigenvalue weighted by atomic mass is 16.6. The molecule has 0 bridgehead atoms. The Morgan fingerprint density at radius 3 is 2.23 bits per heavy atom. The average molecular weight is 433 g/mol. The van der Waals surface area contributed by atoms with Crippen LogP contribution in [0.25, 0.3) is 0 Å². The number of aliphatic imine (C=N–C) groups is 1. The lowest BCUT2D eigenvalue weighted by Gasteiger charge is -2.34. The minimum atomic E-state index is -0.508. The van der Waals surface area contributed by atoms with E-state index in [1.165, 1.54) is 5.56 Å². The largest absolute Gasteiger partial charge is 0.444 e. The fourth-order valence-electron chi connectivity index (χ4n) is 3.38. The van der Waals surface area contributed by atoms with Crippen molar-refractivity contribution in [2.75, 3.05) is 64.7 Å². The Bertz CT molecular complexity index is 691. The zero-order chi connectivity index (χ0) is 22.7. The molecule has 1 amide bonds. The summed E-state index contributed by atoms with van der Waals surface area (Å²) in [5, 5.41) is 9.52. The number of amides is 1. The van der Waals surface area contributed by atoms with E-state index >= 15 is 0 Å². The van der Waals surface area contributed by atoms with E-state index in [0.717, 1.165) is 70.4 Å². The molecule has 1 heterocycles. The molecule has 31 heavy (non-hydrogen) atoms. The Balaban J connectivity index is 1.64. The van der Waals surface area contributed by atoms with Crippen molar-refractivity contribution >= 4 is 17.7 Å². The molecule has 1 saturated heterocycles. The van der Waals surface area contributed by atoms with E-state index in [-0.39, 0.29) is 0 Å². The zero-order valence-electron chi connectivity index (χ0n) is 19.8. The first kappa shape index (κ1) is 24.9. The molecule has 0 radical (unpaired) electrons. The number of ether oxygens (including phenoxy) is 1. The minimum absolute atomic E-state index is 0.441. The number of hydrogen-bond donors (Lipinski definition) is 3. The van der Waals surface area contributed by atoms with Gasteiger partial charge in [0.05, 0.1) is 0 Å². The van der Waals surface area contributed by atoms with E-state index in [2.05, 4.69) is 37.7 Å². The van der Waals surface area contributed by atoms with Gasteiger partial charge >= 0.3 is 6.09 Å². The second-order valence-corrected chi connectivity index (χ2v) is 8.78. The van der Waals surface area contributed by atoms with Crippen LogP contribution >= 0.6 is 0 Å². The van der Waals surface area contributed by atoms with Gasteiger partial charge in [0.25, 0.3) is 0 Å². The quantitative estimate of drug-likeness (QED) is 0.432. The van der Waals surface area contributed by atoms with Crippen LogP contribution < -0.4 is 16.0 Å². The van der Waals surface area contributed by atoms with E-state index in [1.54, 1.807) is 7.05 Å². The van der Waals surface area contributed by atoms with Gasteiger partial charge in [0, 0.05) is 58.5 Å². The van der Waals surface area contributed by atoms with Gasteiger partial charge in [-0.05, 0) is 51.4 Å². The van der Waals surface area contributed by atoms with Gasteiger partial charge in [-0.15, -0.1) is 0 Å². The van der Waals surface area contributed by atoms with Gasteiger partial charge in [-0.1, -0.05) is 19.1 Å². The molecule has 0 spiro atoms.